The molecule has 3 aromatic rings. The molecule has 124 valence electrons. The molecule has 0 fully saturated rings. The molecule has 24 heavy (non-hydrogen) atoms. The largest absolute Gasteiger partial charge is 0.350 e. The van der Waals surface area contributed by atoms with Gasteiger partial charge in [-0.05, 0) is 18.2 Å². The molecule has 1 aliphatic rings. The lowest BCUT2D eigenvalue weighted by molar-refractivity contribution is 0.629. The fraction of sp³-hybridized carbons (Fsp3) is 0.389. The summed E-state index contributed by atoms with van der Waals surface area (Å²) < 4.78 is 15.9. The molecule has 0 N–H and O–H groups in total. The highest BCUT2D eigenvalue weighted by molar-refractivity contribution is 5.89. The molecular weight excluding hydrogens is 305 g/mol. The Kier molecular flexibility index (Phi) is 3.48. The van der Waals surface area contributed by atoms with Gasteiger partial charge in [-0.1, -0.05) is 13.8 Å². The van der Waals surface area contributed by atoms with Crippen molar-refractivity contribution in [2.24, 2.45) is 7.05 Å². The Bertz CT molecular complexity index is 915. The van der Waals surface area contributed by atoms with Crippen LogP contribution in [-0.2, 0) is 20.0 Å². The number of anilines is 1. The molecule has 0 radical (unpaired) electrons. The van der Waals surface area contributed by atoms with Gasteiger partial charge in [0.05, 0.1) is 17.8 Å². The molecule has 0 saturated heterocycles. The molecule has 1 aliphatic heterocycles. The topological polar surface area (TPSA) is 46.8 Å². The zero-order chi connectivity index (χ0) is 16.8. The maximum atomic E-state index is 13.7. The van der Waals surface area contributed by atoms with Crippen molar-refractivity contribution < 1.29 is 4.39 Å². The summed E-state index contributed by atoms with van der Waals surface area (Å²) in [6.07, 6.45) is 2.45. The van der Waals surface area contributed by atoms with Crippen LogP contribution < -0.4 is 4.90 Å². The van der Waals surface area contributed by atoms with E-state index in [-0.39, 0.29) is 5.82 Å². The van der Waals surface area contributed by atoms with Crippen LogP contribution in [0.25, 0.3) is 10.9 Å². The van der Waals surface area contributed by atoms with Crippen LogP contribution in [0.1, 0.15) is 37.0 Å². The number of nitrogens with zero attached hydrogens (tertiary/aromatic N) is 5. The van der Waals surface area contributed by atoms with E-state index in [4.69, 9.17) is 4.98 Å². The van der Waals surface area contributed by atoms with E-state index in [2.05, 4.69) is 40.3 Å². The van der Waals surface area contributed by atoms with E-state index in [0.29, 0.717) is 12.5 Å². The number of benzene rings is 1. The van der Waals surface area contributed by atoms with Crippen LogP contribution in [0.2, 0.25) is 0 Å². The van der Waals surface area contributed by atoms with E-state index >= 15 is 0 Å². The molecule has 2 aromatic heterocycles. The zero-order valence-electron chi connectivity index (χ0n) is 14.1. The second kappa shape index (κ2) is 5.54. The number of rotatable bonds is 2. The molecule has 6 heteroatoms. The fourth-order valence-electron chi connectivity index (χ4n) is 3.51. The van der Waals surface area contributed by atoms with Gasteiger partial charge >= 0.3 is 0 Å². The van der Waals surface area contributed by atoms with Crippen molar-refractivity contribution >= 4 is 16.7 Å². The van der Waals surface area contributed by atoms with Gasteiger partial charge in [0.1, 0.15) is 23.8 Å². The lowest BCUT2D eigenvalue weighted by atomic mass is 10.1. The number of fused-ring (bicyclic) bond motifs is 2. The summed E-state index contributed by atoms with van der Waals surface area (Å²) in [5.74, 6) is 2.02. The van der Waals surface area contributed by atoms with Gasteiger partial charge in [-0.15, -0.1) is 0 Å². The normalized spacial score (nSPS) is 14.5. The minimum atomic E-state index is -0.267. The number of hydrogen-bond acceptors (Lipinski definition) is 4. The molecular formula is C18H20FN5. The third-order valence-corrected chi connectivity index (χ3v) is 4.68. The van der Waals surface area contributed by atoms with Crippen molar-refractivity contribution in [3.63, 3.8) is 0 Å². The molecule has 0 aliphatic carbocycles. The van der Waals surface area contributed by atoms with Crippen molar-refractivity contribution in [1.82, 2.24) is 19.5 Å². The quantitative estimate of drug-likeness (QED) is 0.726. The highest BCUT2D eigenvalue weighted by atomic mass is 19.1. The number of aromatic nitrogens is 4. The van der Waals surface area contributed by atoms with Crippen LogP contribution in [0, 0.1) is 5.82 Å². The van der Waals surface area contributed by atoms with E-state index in [1.54, 1.807) is 12.4 Å². The average Bonchev–Trinajstić information content (AvgIpc) is 2.91. The lowest BCUT2D eigenvalue weighted by Gasteiger charge is -2.28. The van der Waals surface area contributed by atoms with Crippen LogP contribution in [0.5, 0.6) is 0 Å². The van der Waals surface area contributed by atoms with E-state index in [9.17, 15) is 4.39 Å². The molecule has 0 unspecified atom stereocenters. The first-order valence-corrected chi connectivity index (χ1v) is 8.24. The third-order valence-electron chi connectivity index (χ3n) is 4.68. The van der Waals surface area contributed by atoms with Gasteiger partial charge in [-0.25, -0.2) is 19.3 Å². The van der Waals surface area contributed by atoms with Crippen LogP contribution in [-0.4, -0.2) is 26.1 Å². The van der Waals surface area contributed by atoms with Gasteiger partial charge in [-0.2, -0.15) is 0 Å². The molecule has 0 bridgehead atoms. The summed E-state index contributed by atoms with van der Waals surface area (Å²) in [6.45, 7) is 5.85. The second-order valence-electron chi connectivity index (χ2n) is 6.61. The Morgan fingerprint density at radius 2 is 2.04 bits per heavy atom. The lowest BCUT2D eigenvalue weighted by Crippen LogP contribution is -2.32. The highest BCUT2D eigenvalue weighted by Gasteiger charge is 2.25. The zero-order valence-corrected chi connectivity index (χ0v) is 14.1. The molecule has 4 rings (SSSR count). The van der Waals surface area contributed by atoms with Gasteiger partial charge in [0.2, 0.25) is 0 Å². The van der Waals surface area contributed by atoms with Crippen LogP contribution in [0.4, 0.5) is 10.2 Å². The fourth-order valence-corrected chi connectivity index (χ4v) is 3.51. The van der Waals surface area contributed by atoms with Crippen LogP contribution in [0.15, 0.2) is 24.5 Å². The van der Waals surface area contributed by atoms with E-state index < -0.39 is 0 Å². The van der Waals surface area contributed by atoms with Crippen LogP contribution >= 0.6 is 0 Å². The minimum absolute atomic E-state index is 0.267. The Balaban J connectivity index is 1.75. The number of imidazole rings is 1. The van der Waals surface area contributed by atoms with Crippen molar-refractivity contribution in [2.45, 2.75) is 32.7 Å². The predicted molar refractivity (Wildman–Crippen MR) is 91.5 cm³/mol. The van der Waals surface area contributed by atoms with E-state index in [0.717, 1.165) is 41.2 Å². The first kappa shape index (κ1) is 15.1. The Hall–Kier alpha value is -2.50. The minimum Gasteiger partial charge on any atom is -0.350 e. The Morgan fingerprint density at radius 1 is 1.21 bits per heavy atom. The Labute approximate surface area is 140 Å². The predicted octanol–water partition coefficient (Wildman–Crippen LogP) is 3.19. The highest BCUT2D eigenvalue weighted by Crippen LogP contribution is 2.29. The van der Waals surface area contributed by atoms with E-state index in [1.807, 2.05) is 0 Å². The van der Waals surface area contributed by atoms with Crippen molar-refractivity contribution in [3.05, 3.63) is 47.6 Å². The molecule has 3 heterocycles. The summed E-state index contributed by atoms with van der Waals surface area (Å²) >= 11 is 0. The monoisotopic (exact) mass is 325 g/mol. The Morgan fingerprint density at radius 3 is 2.83 bits per heavy atom. The summed E-state index contributed by atoms with van der Waals surface area (Å²) in [5.41, 5.74) is 3.14. The summed E-state index contributed by atoms with van der Waals surface area (Å²) in [6, 6.07) is 4.64. The molecule has 0 saturated carbocycles. The molecule has 0 spiro atoms. The SMILES string of the molecule is CC(C)c1nc2c(n1C)CCN(c1ncnc3ccc(F)cc13)C2. The summed E-state index contributed by atoms with van der Waals surface area (Å²) in [4.78, 5) is 15.7. The standard InChI is InChI=1S/C18H20FN5/c1-11(2)17-22-15-9-24(7-6-16(15)23(17)3)18-13-8-12(19)4-5-14(13)20-10-21-18/h4-5,8,10-11H,6-7,9H2,1-3H3. The van der Waals surface area contributed by atoms with Crippen molar-refractivity contribution in [2.75, 3.05) is 11.4 Å². The number of hydrogen-bond donors (Lipinski definition) is 0. The first-order chi connectivity index (χ1) is 11.5. The third kappa shape index (κ3) is 2.33. The van der Waals surface area contributed by atoms with Crippen molar-refractivity contribution in [1.29, 1.82) is 0 Å². The smallest absolute Gasteiger partial charge is 0.140 e. The molecule has 0 atom stereocenters. The van der Waals surface area contributed by atoms with Gasteiger partial charge in [-0.3, -0.25) is 0 Å². The maximum Gasteiger partial charge on any atom is 0.140 e. The molecule has 0 amide bonds. The van der Waals surface area contributed by atoms with Crippen LogP contribution in [0.3, 0.4) is 0 Å². The number of halogens is 1. The van der Waals surface area contributed by atoms with Gasteiger partial charge < -0.3 is 9.47 Å². The van der Waals surface area contributed by atoms with Gasteiger partial charge in [0.25, 0.3) is 0 Å². The summed E-state index contributed by atoms with van der Waals surface area (Å²) in [5, 5.41) is 0.751. The maximum absolute atomic E-state index is 13.7. The van der Waals surface area contributed by atoms with Crippen molar-refractivity contribution in [3.8, 4) is 0 Å². The molecule has 5 nitrogen and oxygen atoms in total. The molecule has 1 aromatic carbocycles. The average molecular weight is 325 g/mol. The second-order valence-corrected chi connectivity index (χ2v) is 6.61. The van der Waals surface area contributed by atoms with Gasteiger partial charge in [0, 0.05) is 37.0 Å². The van der Waals surface area contributed by atoms with E-state index in [1.165, 1.54) is 17.8 Å². The van der Waals surface area contributed by atoms with Gasteiger partial charge in [0.15, 0.2) is 0 Å². The summed E-state index contributed by atoms with van der Waals surface area (Å²) in [7, 11) is 2.09. The first-order valence-electron chi connectivity index (χ1n) is 8.24.